The Bertz CT molecular complexity index is 812. The zero-order valence-corrected chi connectivity index (χ0v) is 15.9. The number of ether oxygens (including phenoxy) is 1. The molecule has 1 aliphatic rings. The SMILES string of the molecule is CC(C)Oc1ccc(S(=O)(=O)Nc2ccc(NC3CCCC3)cn2)cc1. The first-order valence-corrected chi connectivity index (χ1v) is 10.4. The summed E-state index contributed by atoms with van der Waals surface area (Å²) in [5.41, 5.74) is 0.912. The van der Waals surface area contributed by atoms with Crippen LogP contribution in [0.25, 0.3) is 0 Å². The third-order valence-corrected chi connectivity index (χ3v) is 5.60. The summed E-state index contributed by atoms with van der Waals surface area (Å²) in [5.74, 6) is 0.934. The minimum absolute atomic E-state index is 0.0381. The highest BCUT2D eigenvalue weighted by atomic mass is 32.2. The number of sulfonamides is 1. The van der Waals surface area contributed by atoms with Crippen LogP contribution >= 0.6 is 0 Å². The number of benzene rings is 1. The molecule has 2 aromatic rings. The molecule has 0 radical (unpaired) electrons. The highest BCUT2D eigenvalue weighted by Crippen LogP contribution is 2.23. The molecule has 1 aliphatic carbocycles. The maximum Gasteiger partial charge on any atom is 0.263 e. The summed E-state index contributed by atoms with van der Waals surface area (Å²) in [6.45, 7) is 3.84. The van der Waals surface area contributed by atoms with Gasteiger partial charge in [0.25, 0.3) is 10.0 Å². The van der Waals surface area contributed by atoms with Gasteiger partial charge < -0.3 is 10.1 Å². The van der Waals surface area contributed by atoms with Crippen LogP contribution in [0.1, 0.15) is 39.5 Å². The van der Waals surface area contributed by atoms with Crippen molar-refractivity contribution in [3.05, 3.63) is 42.6 Å². The molecule has 3 rings (SSSR count). The molecule has 0 spiro atoms. The summed E-state index contributed by atoms with van der Waals surface area (Å²) >= 11 is 0. The van der Waals surface area contributed by atoms with Crippen LogP contribution in [0.2, 0.25) is 0 Å². The van der Waals surface area contributed by atoms with Crippen molar-refractivity contribution in [2.75, 3.05) is 10.0 Å². The third kappa shape index (κ3) is 4.88. The van der Waals surface area contributed by atoms with Crippen molar-refractivity contribution in [2.45, 2.75) is 56.6 Å². The lowest BCUT2D eigenvalue weighted by atomic mass is 10.2. The molecule has 0 saturated heterocycles. The first-order valence-electron chi connectivity index (χ1n) is 8.94. The number of pyridine rings is 1. The van der Waals surface area contributed by atoms with Crippen LogP contribution in [-0.2, 0) is 10.0 Å². The molecule has 0 bridgehead atoms. The number of nitrogens with one attached hydrogen (secondary N) is 2. The highest BCUT2D eigenvalue weighted by Gasteiger charge is 2.16. The van der Waals surface area contributed by atoms with E-state index in [1.807, 2.05) is 19.9 Å². The molecule has 6 nitrogen and oxygen atoms in total. The number of hydrogen-bond acceptors (Lipinski definition) is 5. The lowest BCUT2D eigenvalue weighted by Gasteiger charge is -2.14. The predicted octanol–water partition coefficient (Wildman–Crippen LogP) is 4.02. The second kappa shape index (κ2) is 7.95. The molecule has 1 heterocycles. The molecule has 1 aromatic heterocycles. The van der Waals surface area contributed by atoms with E-state index in [0.717, 1.165) is 5.69 Å². The topological polar surface area (TPSA) is 80.3 Å². The zero-order valence-electron chi connectivity index (χ0n) is 15.1. The van der Waals surface area contributed by atoms with Crippen molar-refractivity contribution >= 4 is 21.5 Å². The summed E-state index contributed by atoms with van der Waals surface area (Å²) in [6, 6.07) is 10.4. The Labute approximate surface area is 155 Å². The van der Waals surface area contributed by atoms with Gasteiger partial charge in [-0.2, -0.15) is 0 Å². The molecule has 0 amide bonds. The molecule has 7 heteroatoms. The summed E-state index contributed by atoms with van der Waals surface area (Å²) in [7, 11) is -3.68. The third-order valence-electron chi connectivity index (χ3n) is 4.23. The van der Waals surface area contributed by atoms with Crippen LogP contribution in [0.15, 0.2) is 47.5 Å². The van der Waals surface area contributed by atoms with E-state index in [2.05, 4.69) is 15.0 Å². The number of aromatic nitrogens is 1. The van der Waals surface area contributed by atoms with Gasteiger partial charge in [0.05, 0.1) is 22.9 Å². The van der Waals surface area contributed by atoms with E-state index in [1.54, 1.807) is 24.4 Å². The van der Waals surface area contributed by atoms with Crippen LogP contribution in [-0.4, -0.2) is 25.5 Å². The van der Waals surface area contributed by atoms with Gasteiger partial charge in [-0.15, -0.1) is 0 Å². The largest absolute Gasteiger partial charge is 0.491 e. The quantitative estimate of drug-likeness (QED) is 0.764. The summed E-state index contributed by atoms with van der Waals surface area (Å²) in [6.07, 6.45) is 6.55. The van der Waals surface area contributed by atoms with Gasteiger partial charge >= 0.3 is 0 Å². The van der Waals surface area contributed by atoms with Crippen molar-refractivity contribution < 1.29 is 13.2 Å². The maximum absolute atomic E-state index is 12.5. The molecular formula is C19H25N3O3S. The molecule has 1 aromatic carbocycles. The fourth-order valence-corrected chi connectivity index (χ4v) is 4.02. The number of anilines is 2. The molecule has 26 heavy (non-hydrogen) atoms. The van der Waals surface area contributed by atoms with Crippen molar-refractivity contribution in [2.24, 2.45) is 0 Å². The molecular weight excluding hydrogens is 350 g/mol. The second-order valence-corrected chi connectivity index (χ2v) is 8.48. The molecule has 1 saturated carbocycles. The predicted molar refractivity (Wildman–Crippen MR) is 103 cm³/mol. The maximum atomic E-state index is 12.5. The molecule has 140 valence electrons. The van der Waals surface area contributed by atoms with Gasteiger partial charge in [0.1, 0.15) is 11.6 Å². The van der Waals surface area contributed by atoms with Crippen molar-refractivity contribution in [1.82, 2.24) is 4.98 Å². The smallest absolute Gasteiger partial charge is 0.263 e. The van der Waals surface area contributed by atoms with E-state index in [-0.39, 0.29) is 11.0 Å². The standard InChI is InChI=1S/C19H25N3O3S/c1-14(2)25-17-8-10-18(11-9-17)26(23,24)22-19-12-7-16(13-20-19)21-15-5-3-4-6-15/h7-15,21H,3-6H2,1-2H3,(H,20,22). The van der Waals surface area contributed by atoms with Crippen LogP contribution in [0.3, 0.4) is 0 Å². The fraction of sp³-hybridized carbons (Fsp3) is 0.421. The summed E-state index contributed by atoms with van der Waals surface area (Å²) in [4.78, 5) is 4.38. The van der Waals surface area contributed by atoms with E-state index < -0.39 is 10.0 Å². The lowest BCUT2D eigenvalue weighted by Crippen LogP contribution is -2.16. The first kappa shape index (κ1) is 18.5. The number of hydrogen-bond donors (Lipinski definition) is 2. The lowest BCUT2D eigenvalue weighted by molar-refractivity contribution is 0.242. The minimum Gasteiger partial charge on any atom is -0.491 e. The molecule has 0 aliphatic heterocycles. The van der Waals surface area contributed by atoms with E-state index in [1.165, 1.54) is 37.8 Å². The van der Waals surface area contributed by atoms with Crippen molar-refractivity contribution in [1.29, 1.82) is 0 Å². The Morgan fingerprint density at radius 1 is 1.08 bits per heavy atom. The normalized spacial score (nSPS) is 15.2. The average molecular weight is 375 g/mol. The van der Waals surface area contributed by atoms with Crippen LogP contribution in [0.4, 0.5) is 11.5 Å². The van der Waals surface area contributed by atoms with Gasteiger partial charge in [0.2, 0.25) is 0 Å². The van der Waals surface area contributed by atoms with Crippen molar-refractivity contribution in [3.63, 3.8) is 0 Å². The molecule has 1 fully saturated rings. The van der Waals surface area contributed by atoms with Gasteiger partial charge in [0, 0.05) is 6.04 Å². The zero-order chi connectivity index (χ0) is 18.6. The Balaban J connectivity index is 1.64. The monoisotopic (exact) mass is 375 g/mol. The van der Waals surface area contributed by atoms with E-state index in [4.69, 9.17) is 4.74 Å². The average Bonchev–Trinajstić information content (AvgIpc) is 3.09. The van der Waals surface area contributed by atoms with Gasteiger partial charge in [-0.05, 0) is 63.1 Å². The Morgan fingerprint density at radius 2 is 1.77 bits per heavy atom. The summed E-state index contributed by atoms with van der Waals surface area (Å²) in [5, 5.41) is 3.43. The number of nitrogens with zero attached hydrogens (tertiary/aromatic N) is 1. The molecule has 0 unspecified atom stereocenters. The minimum atomic E-state index is -3.68. The fourth-order valence-electron chi connectivity index (χ4n) is 3.01. The van der Waals surface area contributed by atoms with Crippen molar-refractivity contribution in [3.8, 4) is 5.75 Å². The second-order valence-electron chi connectivity index (χ2n) is 6.80. The molecule has 0 atom stereocenters. The van der Waals surface area contributed by atoms with Crippen LogP contribution < -0.4 is 14.8 Å². The van der Waals surface area contributed by atoms with E-state index in [0.29, 0.717) is 17.6 Å². The number of rotatable bonds is 7. The van der Waals surface area contributed by atoms with Gasteiger partial charge in [-0.3, -0.25) is 4.72 Å². The highest BCUT2D eigenvalue weighted by molar-refractivity contribution is 7.92. The summed E-state index contributed by atoms with van der Waals surface area (Å²) < 4.78 is 33.0. The van der Waals surface area contributed by atoms with E-state index in [9.17, 15) is 8.42 Å². The Morgan fingerprint density at radius 3 is 2.35 bits per heavy atom. The van der Waals surface area contributed by atoms with Crippen LogP contribution in [0.5, 0.6) is 5.75 Å². The van der Waals surface area contributed by atoms with Gasteiger partial charge in [-0.25, -0.2) is 13.4 Å². The molecule has 2 N–H and O–H groups in total. The Kier molecular flexibility index (Phi) is 5.66. The van der Waals surface area contributed by atoms with Gasteiger partial charge in [0.15, 0.2) is 0 Å². The van der Waals surface area contributed by atoms with Gasteiger partial charge in [-0.1, -0.05) is 12.8 Å². The Hall–Kier alpha value is -2.28. The van der Waals surface area contributed by atoms with Crippen LogP contribution in [0, 0.1) is 0 Å². The van der Waals surface area contributed by atoms with E-state index >= 15 is 0 Å². The first-order chi connectivity index (χ1) is 12.4.